The highest BCUT2D eigenvalue weighted by Gasteiger charge is 2.22. The summed E-state index contributed by atoms with van der Waals surface area (Å²) in [6, 6.07) is 12.9. The lowest BCUT2D eigenvalue weighted by Gasteiger charge is -2.10. The number of ether oxygens (including phenoxy) is 1. The van der Waals surface area contributed by atoms with Crippen molar-refractivity contribution < 1.29 is 22.7 Å². The Bertz CT molecular complexity index is 895. The molecule has 132 valence electrons. The van der Waals surface area contributed by atoms with Crippen LogP contribution in [0.3, 0.4) is 0 Å². The van der Waals surface area contributed by atoms with Gasteiger partial charge in [-0.05, 0) is 52.9 Å². The van der Waals surface area contributed by atoms with E-state index >= 15 is 0 Å². The largest absolute Gasteiger partial charge is 0.452 e. The third-order valence-corrected chi connectivity index (χ3v) is 5.72. The van der Waals surface area contributed by atoms with E-state index in [1.165, 1.54) is 31.2 Å². The van der Waals surface area contributed by atoms with Crippen molar-refractivity contribution in [3.8, 4) is 0 Å². The molecule has 0 unspecified atom stereocenters. The number of halogens is 1. The molecule has 6 nitrogen and oxygen atoms in total. The minimum Gasteiger partial charge on any atom is -0.452 e. The van der Waals surface area contributed by atoms with E-state index in [0.717, 1.165) is 3.57 Å². The molecule has 1 N–H and O–H groups in total. The fraction of sp³-hybridized carbons (Fsp3) is 0.176. The maximum absolute atomic E-state index is 12.2. The highest BCUT2D eigenvalue weighted by Crippen LogP contribution is 2.18. The van der Waals surface area contributed by atoms with Gasteiger partial charge in [0.1, 0.15) is 0 Å². The predicted molar refractivity (Wildman–Crippen MR) is 102 cm³/mol. The summed E-state index contributed by atoms with van der Waals surface area (Å²) in [6.07, 6.45) is 0. The number of benzene rings is 2. The number of hydrogen-bond acceptors (Lipinski definition) is 5. The Morgan fingerprint density at radius 3 is 2.52 bits per heavy atom. The van der Waals surface area contributed by atoms with Crippen molar-refractivity contribution in [2.24, 2.45) is 0 Å². The van der Waals surface area contributed by atoms with E-state index in [1.54, 1.807) is 18.2 Å². The first kappa shape index (κ1) is 19.4. The third-order valence-electron chi connectivity index (χ3n) is 3.26. The maximum Gasteiger partial charge on any atom is 0.339 e. The molecule has 0 fully saturated rings. The number of sulfone groups is 1. The molecular formula is C17H16INO5S. The molecule has 2 aromatic rings. The molecule has 8 heteroatoms. The number of amides is 1. The van der Waals surface area contributed by atoms with E-state index in [0.29, 0.717) is 5.69 Å². The van der Waals surface area contributed by atoms with Crippen molar-refractivity contribution in [3.05, 3.63) is 57.7 Å². The number of anilines is 1. The number of carbonyl (C=O) groups excluding carboxylic acids is 2. The SMILES string of the molecule is CCS(=O)(=O)c1ccccc1C(=O)OCC(=O)Nc1cccc(I)c1. The Morgan fingerprint density at radius 1 is 1.12 bits per heavy atom. The molecular weight excluding hydrogens is 457 g/mol. The smallest absolute Gasteiger partial charge is 0.339 e. The predicted octanol–water partition coefficient (Wildman–Crippen LogP) is 2.88. The maximum atomic E-state index is 12.2. The second-order valence-corrected chi connectivity index (χ2v) is 8.53. The zero-order valence-corrected chi connectivity index (χ0v) is 16.3. The van der Waals surface area contributed by atoms with Gasteiger partial charge in [0, 0.05) is 9.26 Å². The Hall–Kier alpha value is -1.94. The molecule has 25 heavy (non-hydrogen) atoms. The summed E-state index contributed by atoms with van der Waals surface area (Å²) in [6.45, 7) is 0.983. The molecule has 1 amide bonds. The molecule has 0 saturated carbocycles. The van der Waals surface area contributed by atoms with Crippen LogP contribution in [0, 0.1) is 3.57 Å². The van der Waals surface area contributed by atoms with Crippen LogP contribution in [-0.2, 0) is 19.4 Å². The quantitative estimate of drug-likeness (QED) is 0.515. The Labute approximate surface area is 159 Å². The average Bonchev–Trinajstić information content (AvgIpc) is 2.59. The standard InChI is InChI=1S/C17H16INO5S/c1-2-25(22,23)15-9-4-3-8-14(15)17(21)24-11-16(20)19-13-7-5-6-12(18)10-13/h3-10H,2,11H2,1H3,(H,19,20). The van der Waals surface area contributed by atoms with Crippen molar-refractivity contribution in [1.82, 2.24) is 0 Å². The van der Waals surface area contributed by atoms with Gasteiger partial charge in [-0.15, -0.1) is 0 Å². The van der Waals surface area contributed by atoms with Crippen LogP contribution in [0.1, 0.15) is 17.3 Å². The first-order chi connectivity index (χ1) is 11.8. The Morgan fingerprint density at radius 2 is 1.84 bits per heavy atom. The minimum atomic E-state index is -3.57. The van der Waals surface area contributed by atoms with Crippen molar-refractivity contribution in [3.63, 3.8) is 0 Å². The van der Waals surface area contributed by atoms with E-state index in [2.05, 4.69) is 27.9 Å². The molecule has 2 aromatic carbocycles. The lowest BCUT2D eigenvalue weighted by atomic mass is 10.2. The number of rotatable bonds is 6. The van der Waals surface area contributed by atoms with Gasteiger partial charge in [0.2, 0.25) is 0 Å². The second-order valence-electron chi connectivity index (χ2n) is 5.03. The zero-order chi connectivity index (χ0) is 18.4. The summed E-state index contributed by atoms with van der Waals surface area (Å²) in [4.78, 5) is 24.0. The van der Waals surface area contributed by atoms with Crippen molar-refractivity contribution in [1.29, 1.82) is 0 Å². The summed E-state index contributed by atoms with van der Waals surface area (Å²) in [5.74, 6) is -1.50. The third kappa shape index (κ3) is 5.27. The van der Waals surface area contributed by atoms with Crippen LogP contribution >= 0.6 is 22.6 Å². The molecule has 0 heterocycles. The van der Waals surface area contributed by atoms with Gasteiger partial charge in [0.25, 0.3) is 5.91 Å². The van der Waals surface area contributed by atoms with Crippen molar-refractivity contribution in [2.45, 2.75) is 11.8 Å². The molecule has 0 spiro atoms. The summed E-state index contributed by atoms with van der Waals surface area (Å²) in [5, 5.41) is 2.61. The highest BCUT2D eigenvalue weighted by molar-refractivity contribution is 14.1. The van der Waals surface area contributed by atoms with E-state index in [-0.39, 0.29) is 16.2 Å². The summed E-state index contributed by atoms with van der Waals surface area (Å²) in [5.41, 5.74) is 0.508. The second kappa shape index (κ2) is 8.43. The monoisotopic (exact) mass is 473 g/mol. The molecule has 0 saturated heterocycles. The van der Waals surface area contributed by atoms with E-state index in [4.69, 9.17) is 4.74 Å². The van der Waals surface area contributed by atoms with Crippen LogP contribution in [-0.4, -0.2) is 32.7 Å². The number of nitrogens with one attached hydrogen (secondary N) is 1. The van der Waals surface area contributed by atoms with E-state index in [1.807, 2.05) is 6.07 Å². The summed E-state index contributed by atoms with van der Waals surface area (Å²) in [7, 11) is -3.57. The number of carbonyl (C=O) groups is 2. The normalized spacial score (nSPS) is 11.0. The lowest BCUT2D eigenvalue weighted by Crippen LogP contribution is -2.22. The van der Waals surface area contributed by atoms with Crippen LogP contribution in [0.25, 0.3) is 0 Å². The van der Waals surface area contributed by atoms with Crippen molar-refractivity contribution >= 4 is 50.0 Å². The van der Waals surface area contributed by atoms with E-state index in [9.17, 15) is 18.0 Å². The first-order valence-corrected chi connectivity index (χ1v) is 10.1. The van der Waals surface area contributed by atoms with Crippen LogP contribution in [0.5, 0.6) is 0 Å². The van der Waals surface area contributed by atoms with Gasteiger partial charge in [-0.3, -0.25) is 4.79 Å². The van der Waals surface area contributed by atoms with E-state index < -0.39 is 28.3 Å². The van der Waals surface area contributed by atoms with Gasteiger partial charge in [-0.2, -0.15) is 0 Å². The minimum absolute atomic E-state index is 0.0774. The zero-order valence-electron chi connectivity index (χ0n) is 13.4. The Kier molecular flexibility index (Phi) is 6.54. The fourth-order valence-corrected chi connectivity index (χ4v) is 3.66. The lowest BCUT2D eigenvalue weighted by molar-refractivity contribution is -0.119. The number of esters is 1. The Balaban J connectivity index is 2.05. The average molecular weight is 473 g/mol. The first-order valence-electron chi connectivity index (χ1n) is 7.38. The molecule has 0 aliphatic carbocycles. The molecule has 0 bridgehead atoms. The van der Waals surface area contributed by atoms with Crippen LogP contribution in [0.15, 0.2) is 53.4 Å². The summed E-state index contributed by atoms with van der Waals surface area (Å²) >= 11 is 2.11. The van der Waals surface area contributed by atoms with Gasteiger partial charge < -0.3 is 10.1 Å². The molecule has 0 atom stereocenters. The molecule has 0 aliphatic heterocycles. The summed E-state index contributed by atoms with van der Waals surface area (Å²) < 4.78 is 30.0. The highest BCUT2D eigenvalue weighted by atomic mass is 127. The van der Waals surface area contributed by atoms with Gasteiger partial charge in [0.15, 0.2) is 16.4 Å². The van der Waals surface area contributed by atoms with Gasteiger partial charge in [-0.1, -0.05) is 25.1 Å². The molecule has 0 aromatic heterocycles. The number of hydrogen-bond donors (Lipinski definition) is 1. The van der Waals surface area contributed by atoms with Crippen LogP contribution in [0.2, 0.25) is 0 Å². The van der Waals surface area contributed by atoms with Gasteiger partial charge in [-0.25, -0.2) is 13.2 Å². The molecule has 0 radical (unpaired) electrons. The van der Waals surface area contributed by atoms with Crippen LogP contribution < -0.4 is 5.32 Å². The van der Waals surface area contributed by atoms with Crippen LogP contribution in [0.4, 0.5) is 5.69 Å². The topological polar surface area (TPSA) is 89.5 Å². The van der Waals surface area contributed by atoms with Crippen molar-refractivity contribution in [2.75, 3.05) is 17.7 Å². The molecule has 2 rings (SSSR count). The van der Waals surface area contributed by atoms with Gasteiger partial charge >= 0.3 is 5.97 Å². The van der Waals surface area contributed by atoms with Gasteiger partial charge in [0.05, 0.1) is 16.2 Å². The molecule has 0 aliphatic rings. The fourth-order valence-electron chi connectivity index (χ4n) is 2.03.